The largest absolute Gasteiger partial charge is 0.609 e. The number of fused-ring (bicyclic) bond motifs is 1. The lowest BCUT2D eigenvalue weighted by Gasteiger charge is -2.17. The second-order valence-electron chi connectivity index (χ2n) is 8.03. The Morgan fingerprint density at radius 2 is 2.06 bits per heavy atom. The Kier molecular flexibility index (Phi) is 5.89. The van der Waals surface area contributed by atoms with E-state index in [-0.39, 0.29) is 17.6 Å². The van der Waals surface area contributed by atoms with E-state index in [1.54, 1.807) is 24.4 Å². The highest BCUT2D eigenvalue weighted by Gasteiger charge is 2.27. The van der Waals surface area contributed by atoms with Gasteiger partial charge in [-0.15, -0.1) is 0 Å². The van der Waals surface area contributed by atoms with Gasteiger partial charge in [0.2, 0.25) is 5.95 Å². The summed E-state index contributed by atoms with van der Waals surface area (Å²) in [4.78, 5) is 11.8. The Labute approximate surface area is 189 Å². The number of benzene rings is 2. The third-order valence-electron chi connectivity index (χ3n) is 5.88. The highest BCUT2D eigenvalue weighted by Crippen LogP contribution is 2.36. The molecule has 1 fully saturated rings. The zero-order chi connectivity index (χ0) is 22.1. The van der Waals surface area contributed by atoms with Gasteiger partial charge in [-0.1, -0.05) is 13.0 Å². The van der Waals surface area contributed by atoms with Crippen LogP contribution in [0.15, 0.2) is 53.6 Å². The molecule has 1 aromatic heterocycles. The van der Waals surface area contributed by atoms with Crippen LogP contribution in [0.1, 0.15) is 19.0 Å². The number of halogens is 1. The summed E-state index contributed by atoms with van der Waals surface area (Å²) in [5.74, 6) is 1.66. The molecule has 0 radical (unpaired) electrons. The maximum Gasteiger partial charge on any atom is 0.250 e. The molecular formula is C24H24FN3O3S. The van der Waals surface area contributed by atoms with Crippen LogP contribution in [0.3, 0.4) is 0 Å². The van der Waals surface area contributed by atoms with Crippen molar-refractivity contribution in [2.75, 3.05) is 30.5 Å². The lowest BCUT2D eigenvalue weighted by atomic mass is 10.0. The van der Waals surface area contributed by atoms with Gasteiger partial charge in [0.15, 0.2) is 22.2 Å². The molecule has 0 bridgehead atoms. The highest BCUT2D eigenvalue weighted by atomic mass is 32.2. The number of aryl methyl sites for hydroxylation is 1. The number of ether oxygens (including phenoxy) is 2. The molecule has 5 rings (SSSR count). The second-order valence-corrected chi connectivity index (χ2v) is 9.39. The molecule has 0 amide bonds. The first-order valence-corrected chi connectivity index (χ1v) is 12.1. The quantitative estimate of drug-likeness (QED) is 0.521. The van der Waals surface area contributed by atoms with E-state index in [0.29, 0.717) is 17.3 Å². The third-order valence-corrected chi connectivity index (χ3v) is 7.04. The fourth-order valence-electron chi connectivity index (χ4n) is 4.06. The minimum absolute atomic E-state index is 0.175. The van der Waals surface area contributed by atoms with E-state index in [0.717, 1.165) is 48.7 Å². The van der Waals surface area contributed by atoms with Gasteiger partial charge in [-0.2, -0.15) is 0 Å². The van der Waals surface area contributed by atoms with E-state index in [1.807, 2.05) is 18.2 Å². The molecular weight excluding hydrogens is 429 g/mol. The highest BCUT2D eigenvalue weighted by molar-refractivity contribution is 7.91. The van der Waals surface area contributed by atoms with E-state index < -0.39 is 17.0 Å². The van der Waals surface area contributed by atoms with Crippen molar-refractivity contribution in [3.63, 3.8) is 0 Å². The van der Waals surface area contributed by atoms with Crippen molar-refractivity contribution in [2.24, 2.45) is 5.92 Å². The Morgan fingerprint density at radius 3 is 2.91 bits per heavy atom. The lowest BCUT2D eigenvalue weighted by Crippen LogP contribution is -2.24. The summed E-state index contributed by atoms with van der Waals surface area (Å²) in [5.41, 5.74) is 2.56. The molecule has 8 heteroatoms. The van der Waals surface area contributed by atoms with Crippen LogP contribution in [-0.4, -0.2) is 40.2 Å². The molecule has 2 aliphatic heterocycles. The molecule has 3 heterocycles. The summed E-state index contributed by atoms with van der Waals surface area (Å²) in [7, 11) is 0. The van der Waals surface area contributed by atoms with Crippen molar-refractivity contribution in [3.05, 3.63) is 60.2 Å². The SMILES string of the molecule is CCc1ccnc(N2CC[C@H](COc3ccc(-c4ccc5c(c4)OC[S@+]5[O-])cc3F)C2)n1. The number of hydrogen-bond donors (Lipinski definition) is 0. The molecule has 0 spiro atoms. The molecule has 2 aliphatic rings. The average molecular weight is 454 g/mol. The maximum absolute atomic E-state index is 14.7. The molecule has 166 valence electrons. The van der Waals surface area contributed by atoms with Crippen LogP contribution in [0.2, 0.25) is 0 Å². The number of nitrogens with zero attached hydrogens (tertiary/aromatic N) is 3. The van der Waals surface area contributed by atoms with Gasteiger partial charge in [0, 0.05) is 42.1 Å². The Bertz CT molecular complexity index is 1130. The smallest absolute Gasteiger partial charge is 0.250 e. The van der Waals surface area contributed by atoms with Gasteiger partial charge >= 0.3 is 0 Å². The van der Waals surface area contributed by atoms with Crippen molar-refractivity contribution in [1.82, 2.24) is 9.97 Å². The van der Waals surface area contributed by atoms with Gasteiger partial charge in [0.25, 0.3) is 5.94 Å². The van der Waals surface area contributed by atoms with Crippen LogP contribution in [0.25, 0.3) is 11.1 Å². The van der Waals surface area contributed by atoms with Gasteiger partial charge in [0.05, 0.1) is 6.61 Å². The van der Waals surface area contributed by atoms with Gasteiger partial charge in [-0.25, -0.2) is 14.4 Å². The number of rotatable bonds is 6. The second kappa shape index (κ2) is 8.96. The van der Waals surface area contributed by atoms with Crippen molar-refractivity contribution in [2.45, 2.75) is 24.7 Å². The van der Waals surface area contributed by atoms with Crippen molar-refractivity contribution in [3.8, 4) is 22.6 Å². The molecule has 1 saturated heterocycles. The predicted octanol–water partition coefficient (Wildman–Crippen LogP) is 4.21. The molecule has 0 aliphatic carbocycles. The number of aromatic nitrogens is 2. The first-order valence-electron chi connectivity index (χ1n) is 10.8. The van der Waals surface area contributed by atoms with Crippen LogP contribution in [0.4, 0.5) is 10.3 Å². The molecule has 0 unspecified atom stereocenters. The summed E-state index contributed by atoms with van der Waals surface area (Å²) in [6.45, 7) is 4.18. The Morgan fingerprint density at radius 1 is 1.22 bits per heavy atom. The van der Waals surface area contributed by atoms with E-state index in [9.17, 15) is 8.94 Å². The molecule has 6 nitrogen and oxygen atoms in total. The monoisotopic (exact) mass is 453 g/mol. The molecule has 0 N–H and O–H groups in total. The normalized spacial score (nSPS) is 19.7. The van der Waals surface area contributed by atoms with Crippen LogP contribution < -0.4 is 14.4 Å². The summed E-state index contributed by atoms with van der Waals surface area (Å²) < 4.78 is 37.8. The summed E-state index contributed by atoms with van der Waals surface area (Å²) in [5, 5.41) is 0. The molecule has 0 saturated carbocycles. The zero-order valence-electron chi connectivity index (χ0n) is 17.8. The van der Waals surface area contributed by atoms with Crippen LogP contribution in [0.5, 0.6) is 11.5 Å². The summed E-state index contributed by atoms with van der Waals surface area (Å²) >= 11 is -1.12. The van der Waals surface area contributed by atoms with Crippen LogP contribution in [-0.2, 0) is 17.6 Å². The topological polar surface area (TPSA) is 70.5 Å². The first kappa shape index (κ1) is 21.0. The van der Waals surface area contributed by atoms with Gasteiger partial charge < -0.3 is 18.9 Å². The number of anilines is 1. The Hall–Kier alpha value is -2.84. The fraction of sp³-hybridized carbons (Fsp3) is 0.333. The molecule has 3 aromatic rings. The molecule has 2 aromatic carbocycles. The van der Waals surface area contributed by atoms with E-state index in [2.05, 4.69) is 21.8 Å². The first-order chi connectivity index (χ1) is 15.6. The van der Waals surface area contributed by atoms with E-state index in [4.69, 9.17) is 9.47 Å². The van der Waals surface area contributed by atoms with Gasteiger partial charge in [-0.3, -0.25) is 0 Å². The zero-order valence-corrected chi connectivity index (χ0v) is 18.6. The predicted molar refractivity (Wildman–Crippen MR) is 121 cm³/mol. The summed E-state index contributed by atoms with van der Waals surface area (Å²) in [6.07, 6.45) is 3.63. The minimum Gasteiger partial charge on any atom is -0.609 e. The fourth-order valence-corrected chi connectivity index (χ4v) is 4.98. The minimum atomic E-state index is -1.12. The standard InChI is InChI=1S/C24H24FN3O3S/c1-2-19-7-9-26-24(27-19)28-10-8-16(13-28)14-30-21-5-3-17(11-20(21)25)18-4-6-23-22(12-18)31-15-32(23)29/h3-7,9,11-12,16H,2,8,10,13-15H2,1H3/t16-,32-/m0/s1. The Balaban J connectivity index is 1.21. The number of hydrogen-bond acceptors (Lipinski definition) is 6. The van der Waals surface area contributed by atoms with Crippen LogP contribution in [0, 0.1) is 11.7 Å². The van der Waals surface area contributed by atoms with Crippen molar-refractivity contribution < 1.29 is 18.4 Å². The summed E-state index contributed by atoms with van der Waals surface area (Å²) in [6, 6.07) is 12.3. The van der Waals surface area contributed by atoms with Crippen molar-refractivity contribution >= 4 is 17.1 Å². The van der Waals surface area contributed by atoms with Gasteiger partial charge in [0.1, 0.15) is 0 Å². The van der Waals surface area contributed by atoms with Crippen molar-refractivity contribution in [1.29, 1.82) is 0 Å². The van der Waals surface area contributed by atoms with Gasteiger partial charge in [-0.05, 0) is 60.4 Å². The van der Waals surface area contributed by atoms with E-state index in [1.165, 1.54) is 6.07 Å². The van der Waals surface area contributed by atoms with E-state index >= 15 is 0 Å². The third kappa shape index (κ3) is 4.25. The maximum atomic E-state index is 14.7. The molecule has 2 atom stereocenters. The lowest BCUT2D eigenvalue weighted by molar-refractivity contribution is 0.250. The molecule has 32 heavy (non-hydrogen) atoms. The van der Waals surface area contributed by atoms with Crippen LogP contribution >= 0.6 is 0 Å². The average Bonchev–Trinajstić information content (AvgIpc) is 3.45.